The molecule has 0 radical (unpaired) electrons. The van der Waals surface area contributed by atoms with Crippen LogP contribution in [-0.4, -0.2) is 61.4 Å². The first-order valence-electron chi connectivity index (χ1n) is 13.1. The molecule has 3 rings (SSSR count). The zero-order valence-electron chi connectivity index (χ0n) is 22.1. The summed E-state index contributed by atoms with van der Waals surface area (Å²) in [4.78, 5) is 52.1. The lowest BCUT2D eigenvalue weighted by atomic mass is 9.94. The number of hydrogen-bond donors (Lipinski definition) is 2. The molecule has 2 N–H and O–H groups in total. The number of methoxy groups -OCH3 is 1. The van der Waals surface area contributed by atoms with E-state index in [1.807, 2.05) is 54.6 Å². The standard InChI is InChI=1S/C29H37N3O6/c1-3-38-27(34)13-12-26(33)31-25(19-21-8-5-4-6-9-21)29(36)32-16-14-23(15-17-32)28(35)30-20-22-10-7-11-24(18-22)37-2/h4-11,18,23,25H,3,12-17,19-20H2,1-2H3,(H,30,35)(H,31,33)/t25-/m1/s1. The second kappa shape index (κ2) is 14.8. The Morgan fingerprint density at radius 2 is 1.68 bits per heavy atom. The van der Waals surface area contributed by atoms with Gasteiger partial charge in [-0.05, 0) is 43.0 Å². The van der Waals surface area contributed by atoms with Crippen LogP contribution in [0.25, 0.3) is 0 Å². The SMILES string of the molecule is CCOC(=O)CCC(=O)N[C@H](Cc1ccccc1)C(=O)N1CCC(C(=O)NCc2cccc(OC)c2)CC1. The summed E-state index contributed by atoms with van der Waals surface area (Å²) in [6.45, 7) is 3.23. The average Bonchev–Trinajstić information content (AvgIpc) is 2.95. The highest BCUT2D eigenvalue weighted by molar-refractivity contribution is 5.89. The van der Waals surface area contributed by atoms with Crippen LogP contribution in [0, 0.1) is 5.92 Å². The highest BCUT2D eigenvalue weighted by Gasteiger charge is 2.31. The smallest absolute Gasteiger partial charge is 0.306 e. The van der Waals surface area contributed by atoms with Crippen molar-refractivity contribution in [3.8, 4) is 5.75 Å². The first-order valence-corrected chi connectivity index (χ1v) is 13.1. The minimum Gasteiger partial charge on any atom is -0.497 e. The number of piperidine rings is 1. The molecule has 38 heavy (non-hydrogen) atoms. The Morgan fingerprint density at radius 3 is 2.37 bits per heavy atom. The predicted octanol–water partition coefficient (Wildman–Crippen LogP) is 2.62. The Balaban J connectivity index is 1.54. The molecule has 0 aromatic heterocycles. The molecule has 2 aromatic carbocycles. The van der Waals surface area contributed by atoms with Gasteiger partial charge in [0.2, 0.25) is 17.7 Å². The Morgan fingerprint density at radius 1 is 0.974 bits per heavy atom. The molecule has 0 unspecified atom stereocenters. The molecule has 1 saturated heterocycles. The number of nitrogens with one attached hydrogen (secondary N) is 2. The van der Waals surface area contributed by atoms with Gasteiger partial charge in [-0.1, -0.05) is 42.5 Å². The zero-order chi connectivity index (χ0) is 27.3. The van der Waals surface area contributed by atoms with E-state index >= 15 is 0 Å². The van der Waals surface area contributed by atoms with Gasteiger partial charge < -0.3 is 25.0 Å². The summed E-state index contributed by atoms with van der Waals surface area (Å²) in [7, 11) is 1.60. The Kier molecular flexibility index (Phi) is 11.1. The van der Waals surface area contributed by atoms with Crippen molar-refractivity contribution >= 4 is 23.7 Å². The van der Waals surface area contributed by atoms with Crippen molar-refractivity contribution in [3.63, 3.8) is 0 Å². The number of carbonyl (C=O) groups is 4. The van der Waals surface area contributed by atoms with Crippen LogP contribution in [0.5, 0.6) is 5.75 Å². The second-order valence-corrected chi connectivity index (χ2v) is 9.28. The Labute approximate surface area is 223 Å². The van der Waals surface area contributed by atoms with E-state index in [9.17, 15) is 19.2 Å². The van der Waals surface area contributed by atoms with Crippen LogP contribution in [0.3, 0.4) is 0 Å². The predicted molar refractivity (Wildman–Crippen MR) is 142 cm³/mol. The van der Waals surface area contributed by atoms with Crippen LogP contribution < -0.4 is 15.4 Å². The number of amides is 3. The number of rotatable bonds is 12. The van der Waals surface area contributed by atoms with Gasteiger partial charge in [-0.25, -0.2) is 0 Å². The van der Waals surface area contributed by atoms with Crippen molar-refractivity contribution in [2.75, 3.05) is 26.8 Å². The normalized spacial score (nSPS) is 14.3. The first kappa shape index (κ1) is 28.7. The molecule has 2 aromatic rings. The van der Waals surface area contributed by atoms with Gasteiger partial charge in [0.05, 0.1) is 20.1 Å². The number of likely N-dealkylation sites (tertiary alicyclic amines) is 1. The molecule has 0 spiro atoms. The fourth-order valence-electron chi connectivity index (χ4n) is 4.46. The van der Waals surface area contributed by atoms with Crippen molar-refractivity contribution in [2.24, 2.45) is 5.92 Å². The van der Waals surface area contributed by atoms with Gasteiger partial charge in [-0.3, -0.25) is 19.2 Å². The van der Waals surface area contributed by atoms with Crippen molar-refractivity contribution in [1.29, 1.82) is 0 Å². The maximum absolute atomic E-state index is 13.4. The molecule has 9 heteroatoms. The van der Waals surface area contributed by atoms with Crippen LogP contribution in [0.15, 0.2) is 54.6 Å². The summed E-state index contributed by atoms with van der Waals surface area (Å²) in [5, 5.41) is 5.80. The zero-order valence-corrected chi connectivity index (χ0v) is 22.1. The molecule has 1 atom stereocenters. The van der Waals surface area contributed by atoms with E-state index < -0.39 is 12.0 Å². The van der Waals surface area contributed by atoms with E-state index in [-0.39, 0.29) is 43.1 Å². The quantitative estimate of drug-likeness (QED) is 0.414. The van der Waals surface area contributed by atoms with E-state index in [1.54, 1.807) is 18.9 Å². The van der Waals surface area contributed by atoms with Crippen molar-refractivity contribution in [1.82, 2.24) is 15.5 Å². The number of esters is 1. The largest absolute Gasteiger partial charge is 0.497 e. The van der Waals surface area contributed by atoms with Gasteiger partial charge in [-0.2, -0.15) is 0 Å². The van der Waals surface area contributed by atoms with Gasteiger partial charge in [-0.15, -0.1) is 0 Å². The third kappa shape index (κ3) is 8.90. The number of ether oxygens (including phenoxy) is 2. The van der Waals surface area contributed by atoms with Crippen LogP contribution in [0.4, 0.5) is 0 Å². The fourth-order valence-corrected chi connectivity index (χ4v) is 4.46. The highest BCUT2D eigenvalue weighted by Crippen LogP contribution is 2.20. The lowest BCUT2D eigenvalue weighted by molar-refractivity contribution is -0.144. The summed E-state index contributed by atoms with van der Waals surface area (Å²) in [5.74, 6) is -0.487. The fraction of sp³-hybridized carbons (Fsp3) is 0.448. The van der Waals surface area contributed by atoms with Crippen LogP contribution in [-0.2, 0) is 36.9 Å². The number of carbonyl (C=O) groups excluding carboxylic acids is 4. The lowest BCUT2D eigenvalue weighted by Gasteiger charge is -2.34. The molecule has 1 fully saturated rings. The van der Waals surface area contributed by atoms with Gasteiger partial charge in [0.1, 0.15) is 11.8 Å². The average molecular weight is 524 g/mol. The lowest BCUT2D eigenvalue weighted by Crippen LogP contribution is -2.52. The number of benzene rings is 2. The van der Waals surface area contributed by atoms with E-state index in [0.717, 1.165) is 16.9 Å². The maximum Gasteiger partial charge on any atom is 0.306 e. The Hall–Kier alpha value is -3.88. The van der Waals surface area contributed by atoms with E-state index in [2.05, 4.69) is 10.6 Å². The molecule has 0 saturated carbocycles. The molecule has 204 valence electrons. The number of nitrogens with zero attached hydrogens (tertiary/aromatic N) is 1. The molecule has 3 amide bonds. The minimum atomic E-state index is -0.759. The van der Waals surface area contributed by atoms with Crippen molar-refractivity contribution in [3.05, 3.63) is 65.7 Å². The van der Waals surface area contributed by atoms with Crippen LogP contribution >= 0.6 is 0 Å². The molecule has 0 aliphatic carbocycles. The molecular formula is C29H37N3O6. The van der Waals surface area contributed by atoms with E-state index in [4.69, 9.17) is 9.47 Å². The van der Waals surface area contributed by atoms with Gasteiger partial charge in [0.25, 0.3) is 0 Å². The van der Waals surface area contributed by atoms with Crippen LogP contribution in [0.2, 0.25) is 0 Å². The summed E-state index contributed by atoms with van der Waals surface area (Å²) < 4.78 is 10.1. The maximum atomic E-state index is 13.4. The van der Waals surface area contributed by atoms with Gasteiger partial charge in [0, 0.05) is 38.4 Å². The summed E-state index contributed by atoms with van der Waals surface area (Å²) in [6.07, 6.45) is 1.34. The number of hydrogen-bond acceptors (Lipinski definition) is 6. The molecule has 1 aliphatic rings. The molecule has 0 bridgehead atoms. The van der Waals surface area contributed by atoms with E-state index in [1.165, 1.54) is 0 Å². The third-order valence-corrected chi connectivity index (χ3v) is 6.56. The topological polar surface area (TPSA) is 114 Å². The monoisotopic (exact) mass is 523 g/mol. The minimum absolute atomic E-state index is 0.0342. The summed E-state index contributed by atoms with van der Waals surface area (Å²) in [5.41, 5.74) is 1.87. The van der Waals surface area contributed by atoms with Gasteiger partial charge in [0.15, 0.2) is 0 Å². The van der Waals surface area contributed by atoms with Gasteiger partial charge >= 0.3 is 5.97 Å². The van der Waals surface area contributed by atoms with Crippen molar-refractivity contribution in [2.45, 2.75) is 51.6 Å². The molecule has 1 heterocycles. The Bertz CT molecular complexity index is 1080. The molecule has 1 aliphatic heterocycles. The second-order valence-electron chi connectivity index (χ2n) is 9.28. The van der Waals surface area contributed by atoms with Crippen LogP contribution in [0.1, 0.15) is 43.7 Å². The van der Waals surface area contributed by atoms with Crippen molar-refractivity contribution < 1.29 is 28.7 Å². The third-order valence-electron chi connectivity index (χ3n) is 6.56. The highest BCUT2D eigenvalue weighted by atomic mass is 16.5. The first-order chi connectivity index (χ1) is 18.4. The summed E-state index contributed by atoms with van der Waals surface area (Å²) in [6, 6.07) is 16.3. The van der Waals surface area contributed by atoms with E-state index in [0.29, 0.717) is 38.9 Å². The molecular weight excluding hydrogens is 486 g/mol. The molecule has 9 nitrogen and oxygen atoms in total. The summed E-state index contributed by atoms with van der Waals surface area (Å²) >= 11 is 0.